The van der Waals surface area contributed by atoms with E-state index in [1.54, 1.807) is 18.2 Å². The first-order valence-corrected chi connectivity index (χ1v) is 11.8. The molecule has 10 heteroatoms. The topological polar surface area (TPSA) is 63.2 Å². The van der Waals surface area contributed by atoms with E-state index in [4.69, 9.17) is 16.3 Å². The molecule has 1 heterocycles. The molecule has 38 heavy (non-hydrogen) atoms. The zero-order valence-corrected chi connectivity index (χ0v) is 20.6. The fraction of sp³-hybridized carbons (Fsp3) is 0.143. The van der Waals surface area contributed by atoms with Crippen LogP contribution < -0.4 is 15.4 Å². The number of nitrogens with one attached hydrogen (secondary N) is 2. The van der Waals surface area contributed by atoms with E-state index >= 15 is 0 Å². The van der Waals surface area contributed by atoms with E-state index in [-0.39, 0.29) is 17.9 Å². The Labute approximate surface area is 221 Å². The number of benzene rings is 3. The molecule has 0 unspecified atom stereocenters. The number of carbonyl (C=O) groups is 1. The average molecular weight is 544 g/mol. The van der Waals surface area contributed by atoms with Crippen LogP contribution in [0.5, 0.6) is 5.75 Å². The summed E-state index contributed by atoms with van der Waals surface area (Å²) < 4.78 is 57.2. The molecule has 2 N–H and O–H groups in total. The number of alkyl halides is 3. The Hall–Kier alpha value is -4.11. The predicted molar refractivity (Wildman–Crippen MR) is 137 cm³/mol. The molecule has 0 fully saturated rings. The zero-order chi connectivity index (χ0) is 27.2. The summed E-state index contributed by atoms with van der Waals surface area (Å²) >= 11 is 6.08. The van der Waals surface area contributed by atoms with Crippen LogP contribution in [-0.2, 0) is 12.0 Å². The highest BCUT2D eigenvalue weighted by Crippen LogP contribution is 2.35. The van der Waals surface area contributed by atoms with Crippen LogP contribution in [0.4, 0.5) is 28.0 Å². The second-order valence-corrected chi connectivity index (χ2v) is 8.89. The Morgan fingerprint density at radius 3 is 2.37 bits per heavy atom. The Kier molecular flexibility index (Phi) is 8.16. The molecule has 196 valence electrons. The van der Waals surface area contributed by atoms with Gasteiger partial charge in [0.25, 0.3) is 0 Å². The second-order valence-electron chi connectivity index (χ2n) is 8.45. The number of ether oxygens (including phenoxy) is 1. The number of nitrogens with zero attached hydrogens (tertiary/aromatic N) is 1. The van der Waals surface area contributed by atoms with Crippen LogP contribution in [-0.4, -0.2) is 23.8 Å². The molecule has 0 radical (unpaired) electrons. The standard InChI is InChI=1S/C28H22ClF4N3O2/c29-21-12-13-25(34-17-21)27(16-19-6-2-1-3-7-19,36-26(37)35-23-10-5-9-22(30)15-23)20-8-4-11-24(14-20)38-18-28(31,32)33/h1-15,17H,16,18H2,(H2,35,36,37)/t27-/m1/s1. The van der Waals surface area contributed by atoms with Crippen LogP contribution in [0.25, 0.3) is 0 Å². The van der Waals surface area contributed by atoms with E-state index in [0.717, 1.165) is 11.6 Å². The summed E-state index contributed by atoms with van der Waals surface area (Å²) in [5.41, 5.74) is 0.402. The quantitative estimate of drug-likeness (QED) is 0.233. The van der Waals surface area contributed by atoms with Gasteiger partial charge in [0, 0.05) is 18.3 Å². The normalized spacial score (nSPS) is 12.9. The lowest BCUT2D eigenvalue weighted by molar-refractivity contribution is -0.153. The Morgan fingerprint density at radius 1 is 0.921 bits per heavy atom. The lowest BCUT2D eigenvalue weighted by atomic mass is 9.80. The van der Waals surface area contributed by atoms with Gasteiger partial charge in [-0.1, -0.05) is 60.1 Å². The summed E-state index contributed by atoms with van der Waals surface area (Å²) in [6.45, 7) is -1.48. The lowest BCUT2D eigenvalue weighted by Crippen LogP contribution is -2.50. The Morgan fingerprint density at radius 2 is 1.68 bits per heavy atom. The van der Waals surface area contributed by atoms with Crippen LogP contribution in [0.3, 0.4) is 0 Å². The van der Waals surface area contributed by atoms with Crippen molar-refractivity contribution >= 4 is 23.3 Å². The second kappa shape index (κ2) is 11.5. The molecule has 5 nitrogen and oxygen atoms in total. The van der Waals surface area contributed by atoms with Crippen molar-refractivity contribution in [2.75, 3.05) is 11.9 Å². The van der Waals surface area contributed by atoms with Gasteiger partial charge < -0.3 is 15.4 Å². The van der Waals surface area contributed by atoms with E-state index in [9.17, 15) is 22.4 Å². The molecular formula is C28H22ClF4N3O2. The highest BCUT2D eigenvalue weighted by molar-refractivity contribution is 6.30. The first-order chi connectivity index (χ1) is 18.1. The molecule has 4 aromatic rings. The number of amides is 2. The van der Waals surface area contributed by atoms with Crippen molar-refractivity contribution in [3.63, 3.8) is 0 Å². The number of halogens is 5. The maximum Gasteiger partial charge on any atom is 0.422 e. The van der Waals surface area contributed by atoms with Crippen molar-refractivity contribution in [1.29, 1.82) is 0 Å². The van der Waals surface area contributed by atoms with Crippen molar-refractivity contribution in [1.82, 2.24) is 10.3 Å². The fourth-order valence-corrected chi connectivity index (χ4v) is 4.10. The van der Waals surface area contributed by atoms with Gasteiger partial charge in [-0.3, -0.25) is 4.98 Å². The van der Waals surface area contributed by atoms with E-state index < -0.39 is 30.2 Å². The van der Waals surface area contributed by atoms with Crippen molar-refractivity contribution in [3.8, 4) is 5.75 Å². The predicted octanol–water partition coefficient (Wildman–Crippen LogP) is 7.12. The van der Waals surface area contributed by atoms with Gasteiger partial charge in [-0.15, -0.1) is 0 Å². The van der Waals surface area contributed by atoms with E-state index in [2.05, 4.69) is 15.6 Å². The van der Waals surface area contributed by atoms with Crippen LogP contribution in [0.2, 0.25) is 5.02 Å². The Bertz CT molecular complexity index is 1380. The molecule has 1 aromatic heterocycles. The van der Waals surface area contributed by atoms with Gasteiger partial charge >= 0.3 is 12.2 Å². The highest BCUT2D eigenvalue weighted by atomic mass is 35.5. The van der Waals surface area contributed by atoms with E-state index in [1.165, 1.54) is 42.6 Å². The van der Waals surface area contributed by atoms with Gasteiger partial charge in [0.1, 0.15) is 17.1 Å². The van der Waals surface area contributed by atoms with Crippen molar-refractivity contribution in [2.24, 2.45) is 0 Å². The minimum atomic E-state index is -4.53. The number of hydrogen-bond acceptors (Lipinski definition) is 3. The molecule has 0 saturated heterocycles. The van der Waals surface area contributed by atoms with E-state index in [0.29, 0.717) is 16.3 Å². The van der Waals surface area contributed by atoms with Crippen LogP contribution >= 0.6 is 11.6 Å². The third-order valence-corrected chi connectivity index (χ3v) is 5.84. The number of aromatic nitrogens is 1. The number of pyridine rings is 1. The molecule has 0 aliphatic carbocycles. The van der Waals surface area contributed by atoms with Gasteiger partial charge in [0.15, 0.2) is 6.61 Å². The van der Waals surface area contributed by atoms with Gasteiger partial charge in [0.05, 0.1) is 10.7 Å². The number of anilines is 1. The monoisotopic (exact) mass is 543 g/mol. The molecule has 0 aliphatic heterocycles. The minimum Gasteiger partial charge on any atom is -0.484 e. The average Bonchev–Trinajstić information content (AvgIpc) is 2.88. The molecule has 3 aromatic carbocycles. The van der Waals surface area contributed by atoms with Gasteiger partial charge in [-0.2, -0.15) is 13.2 Å². The molecule has 1 atom stereocenters. The minimum absolute atomic E-state index is 0.0430. The maximum atomic E-state index is 13.7. The van der Waals surface area contributed by atoms with Gasteiger partial charge in [0.2, 0.25) is 0 Å². The number of urea groups is 1. The van der Waals surface area contributed by atoms with Crippen molar-refractivity contribution in [2.45, 2.75) is 18.1 Å². The lowest BCUT2D eigenvalue weighted by Gasteiger charge is -2.35. The van der Waals surface area contributed by atoms with Crippen LogP contribution in [0.1, 0.15) is 16.8 Å². The Balaban J connectivity index is 1.81. The van der Waals surface area contributed by atoms with Gasteiger partial charge in [-0.05, 0) is 53.6 Å². The summed E-state index contributed by atoms with van der Waals surface area (Å²) in [7, 11) is 0. The summed E-state index contributed by atoms with van der Waals surface area (Å²) in [5, 5.41) is 5.91. The molecule has 0 bridgehead atoms. The summed E-state index contributed by atoms with van der Waals surface area (Å²) in [4.78, 5) is 17.8. The number of rotatable bonds is 8. The zero-order valence-electron chi connectivity index (χ0n) is 19.8. The molecule has 0 saturated carbocycles. The van der Waals surface area contributed by atoms with Crippen molar-refractivity contribution in [3.05, 3.63) is 125 Å². The molecule has 0 spiro atoms. The third-order valence-electron chi connectivity index (χ3n) is 5.62. The smallest absolute Gasteiger partial charge is 0.422 e. The number of carbonyl (C=O) groups excluding carboxylic acids is 1. The van der Waals surface area contributed by atoms with Crippen LogP contribution in [0, 0.1) is 5.82 Å². The van der Waals surface area contributed by atoms with Crippen LogP contribution in [0.15, 0.2) is 97.2 Å². The molecule has 2 amide bonds. The van der Waals surface area contributed by atoms with Crippen molar-refractivity contribution < 1.29 is 27.1 Å². The van der Waals surface area contributed by atoms with Gasteiger partial charge in [-0.25, -0.2) is 9.18 Å². The largest absolute Gasteiger partial charge is 0.484 e. The summed E-state index contributed by atoms with van der Waals surface area (Å²) in [6, 6.07) is 23.1. The first-order valence-electron chi connectivity index (χ1n) is 11.4. The maximum absolute atomic E-state index is 13.7. The summed E-state index contributed by atoms with van der Waals surface area (Å²) in [6.07, 6.45) is -2.95. The highest BCUT2D eigenvalue weighted by Gasteiger charge is 2.38. The molecular weight excluding hydrogens is 522 g/mol. The SMILES string of the molecule is O=C(Nc1cccc(F)c1)N[C@](Cc1ccccc1)(c1cccc(OCC(F)(F)F)c1)c1ccc(Cl)cn1. The molecule has 4 rings (SSSR count). The first kappa shape index (κ1) is 26.9. The van der Waals surface area contributed by atoms with E-state index in [1.807, 2.05) is 30.3 Å². The number of hydrogen-bond donors (Lipinski definition) is 2. The molecule has 0 aliphatic rings. The summed E-state index contributed by atoms with van der Waals surface area (Å²) in [5.74, 6) is -0.578. The fourth-order valence-electron chi connectivity index (χ4n) is 3.99. The third kappa shape index (κ3) is 7.01.